The standard InChI is InChI=1S/C13H16O2/c1-4-12(14)15-8-9-5-6-10-7-11(9)13(10,2)3/h1,5,10-11H,6-8H2,2-3H3/t10-,11-/m0/s1. The zero-order valence-electron chi connectivity index (χ0n) is 9.25. The lowest BCUT2D eigenvalue weighted by molar-refractivity contribution is -0.136. The second-order valence-electron chi connectivity index (χ2n) is 5.04. The van der Waals surface area contributed by atoms with Crippen LogP contribution in [0.15, 0.2) is 11.6 Å². The number of allylic oxidation sites excluding steroid dienone is 1. The monoisotopic (exact) mass is 204 g/mol. The molecule has 0 aromatic heterocycles. The minimum absolute atomic E-state index is 0.379. The van der Waals surface area contributed by atoms with Gasteiger partial charge in [-0.15, -0.1) is 6.42 Å². The number of fused-ring (bicyclic) bond motifs is 1. The van der Waals surface area contributed by atoms with Gasteiger partial charge in [-0.2, -0.15) is 0 Å². The van der Waals surface area contributed by atoms with Gasteiger partial charge in [0.15, 0.2) is 0 Å². The normalized spacial score (nSPS) is 30.9. The Morgan fingerprint density at radius 1 is 1.73 bits per heavy atom. The van der Waals surface area contributed by atoms with Crippen LogP contribution in [0.1, 0.15) is 26.7 Å². The van der Waals surface area contributed by atoms with E-state index in [2.05, 4.69) is 19.9 Å². The smallest absolute Gasteiger partial charge is 0.384 e. The molecular weight excluding hydrogens is 188 g/mol. The van der Waals surface area contributed by atoms with Crippen molar-refractivity contribution in [2.75, 3.05) is 6.61 Å². The molecule has 15 heavy (non-hydrogen) atoms. The molecule has 0 heterocycles. The van der Waals surface area contributed by atoms with Gasteiger partial charge in [-0.05, 0) is 35.7 Å². The van der Waals surface area contributed by atoms with Crippen LogP contribution < -0.4 is 0 Å². The predicted octanol–water partition coefficient (Wildman–Crippen LogP) is 2.16. The summed E-state index contributed by atoms with van der Waals surface area (Å²) in [5, 5.41) is 0. The molecule has 2 bridgehead atoms. The third-order valence-electron chi connectivity index (χ3n) is 4.07. The predicted molar refractivity (Wildman–Crippen MR) is 57.9 cm³/mol. The molecule has 0 spiro atoms. The fourth-order valence-electron chi connectivity index (χ4n) is 2.83. The van der Waals surface area contributed by atoms with E-state index in [1.807, 2.05) is 5.92 Å². The van der Waals surface area contributed by atoms with Crippen LogP contribution in [0.3, 0.4) is 0 Å². The van der Waals surface area contributed by atoms with E-state index in [1.165, 1.54) is 12.0 Å². The van der Waals surface area contributed by atoms with E-state index in [0.717, 1.165) is 12.3 Å². The zero-order chi connectivity index (χ0) is 11.1. The lowest BCUT2D eigenvalue weighted by Crippen LogP contribution is -2.48. The van der Waals surface area contributed by atoms with Crippen molar-refractivity contribution in [1.29, 1.82) is 0 Å². The lowest BCUT2D eigenvalue weighted by atomic mass is 9.49. The number of hydrogen-bond donors (Lipinski definition) is 0. The first-order valence-corrected chi connectivity index (χ1v) is 5.38. The maximum atomic E-state index is 10.8. The lowest BCUT2D eigenvalue weighted by Gasteiger charge is -2.56. The first-order chi connectivity index (χ1) is 7.05. The highest BCUT2D eigenvalue weighted by Gasteiger charge is 2.51. The maximum absolute atomic E-state index is 10.8. The Kier molecular flexibility index (Phi) is 2.34. The summed E-state index contributed by atoms with van der Waals surface area (Å²) >= 11 is 0. The number of esters is 1. The first kappa shape index (κ1) is 10.3. The van der Waals surface area contributed by atoms with Crippen molar-refractivity contribution in [1.82, 2.24) is 0 Å². The van der Waals surface area contributed by atoms with Crippen LogP contribution in [0.25, 0.3) is 0 Å². The van der Waals surface area contributed by atoms with Crippen LogP contribution >= 0.6 is 0 Å². The van der Waals surface area contributed by atoms with Crippen LogP contribution in [0, 0.1) is 29.6 Å². The Bertz CT molecular complexity index is 357. The molecule has 3 rings (SSSR count). The second kappa shape index (κ2) is 3.41. The molecule has 0 saturated heterocycles. The minimum atomic E-state index is -0.560. The van der Waals surface area contributed by atoms with Gasteiger partial charge in [0.05, 0.1) is 0 Å². The highest BCUT2D eigenvalue weighted by molar-refractivity contribution is 5.87. The molecule has 0 aliphatic heterocycles. The van der Waals surface area contributed by atoms with Gasteiger partial charge in [-0.1, -0.05) is 19.9 Å². The molecule has 0 N–H and O–H groups in total. The van der Waals surface area contributed by atoms with Crippen LogP contribution in [-0.2, 0) is 9.53 Å². The van der Waals surface area contributed by atoms with Crippen molar-refractivity contribution in [3.63, 3.8) is 0 Å². The summed E-state index contributed by atoms with van der Waals surface area (Å²) in [4.78, 5) is 10.8. The van der Waals surface area contributed by atoms with E-state index in [-0.39, 0.29) is 0 Å². The topological polar surface area (TPSA) is 26.3 Å². The second-order valence-corrected chi connectivity index (χ2v) is 5.04. The van der Waals surface area contributed by atoms with Crippen LogP contribution in [0.2, 0.25) is 0 Å². The van der Waals surface area contributed by atoms with E-state index in [4.69, 9.17) is 11.2 Å². The molecule has 1 fully saturated rings. The third kappa shape index (κ3) is 1.56. The van der Waals surface area contributed by atoms with Gasteiger partial charge in [-0.3, -0.25) is 0 Å². The molecule has 2 atom stereocenters. The number of rotatable bonds is 2. The van der Waals surface area contributed by atoms with E-state index in [1.54, 1.807) is 0 Å². The van der Waals surface area contributed by atoms with Gasteiger partial charge in [0.2, 0.25) is 0 Å². The Morgan fingerprint density at radius 3 is 3.00 bits per heavy atom. The number of carbonyl (C=O) groups excluding carboxylic acids is 1. The van der Waals surface area contributed by atoms with Crippen molar-refractivity contribution < 1.29 is 9.53 Å². The van der Waals surface area contributed by atoms with Crippen molar-refractivity contribution >= 4 is 5.97 Å². The average molecular weight is 204 g/mol. The summed E-state index contributed by atoms with van der Waals surface area (Å²) in [6.07, 6.45) is 9.52. The number of hydrogen-bond acceptors (Lipinski definition) is 2. The van der Waals surface area contributed by atoms with Gasteiger partial charge in [0, 0.05) is 5.92 Å². The van der Waals surface area contributed by atoms with Gasteiger partial charge in [-0.25, -0.2) is 4.79 Å². The largest absolute Gasteiger partial charge is 0.452 e. The molecule has 2 heteroatoms. The number of ether oxygens (including phenoxy) is 1. The molecule has 2 nitrogen and oxygen atoms in total. The molecule has 0 aromatic rings. The summed E-state index contributed by atoms with van der Waals surface area (Å²) in [5.74, 6) is 2.80. The highest BCUT2D eigenvalue weighted by Crippen LogP contribution is 2.59. The van der Waals surface area contributed by atoms with Crippen molar-refractivity contribution in [2.24, 2.45) is 17.3 Å². The molecular formula is C13H16O2. The van der Waals surface area contributed by atoms with E-state index >= 15 is 0 Å². The third-order valence-corrected chi connectivity index (χ3v) is 4.07. The van der Waals surface area contributed by atoms with E-state index < -0.39 is 5.97 Å². The minimum Gasteiger partial charge on any atom is -0.452 e. The Balaban J connectivity index is 1.97. The molecule has 3 aliphatic carbocycles. The highest BCUT2D eigenvalue weighted by atomic mass is 16.5. The summed E-state index contributed by atoms with van der Waals surface area (Å²) in [5.41, 5.74) is 1.64. The number of carbonyl (C=O) groups is 1. The molecule has 0 unspecified atom stereocenters. The Morgan fingerprint density at radius 2 is 2.47 bits per heavy atom. The molecule has 0 aromatic carbocycles. The SMILES string of the molecule is C#CC(=O)OCC1=CC[C@H]2C[C@@H]1C2(C)C. The van der Waals surface area contributed by atoms with Crippen LogP contribution in [-0.4, -0.2) is 12.6 Å². The molecule has 80 valence electrons. The number of terminal acetylenes is 1. The van der Waals surface area contributed by atoms with Crippen LogP contribution in [0.5, 0.6) is 0 Å². The summed E-state index contributed by atoms with van der Waals surface area (Å²) in [6.45, 7) is 4.97. The van der Waals surface area contributed by atoms with Gasteiger partial charge in [0.25, 0.3) is 0 Å². The fourth-order valence-corrected chi connectivity index (χ4v) is 2.83. The molecule has 3 aliphatic rings. The van der Waals surface area contributed by atoms with Crippen molar-refractivity contribution in [3.8, 4) is 12.3 Å². The van der Waals surface area contributed by atoms with Gasteiger partial charge in [0.1, 0.15) is 6.61 Å². The average Bonchev–Trinajstić information content (AvgIpc) is 2.25. The quantitative estimate of drug-likeness (QED) is 0.298. The van der Waals surface area contributed by atoms with Crippen molar-refractivity contribution in [2.45, 2.75) is 26.7 Å². The van der Waals surface area contributed by atoms with Gasteiger partial charge >= 0.3 is 5.97 Å². The maximum Gasteiger partial charge on any atom is 0.384 e. The molecule has 1 saturated carbocycles. The van der Waals surface area contributed by atoms with E-state index in [0.29, 0.717) is 17.9 Å². The zero-order valence-corrected chi connectivity index (χ0v) is 9.25. The molecule has 0 radical (unpaired) electrons. The summed E-state index contributed by atoms with van der Waals surface area (Å²) in [7, 11) is 0. The first-order valence-electron chi connectivity index (χ1n) is 5.38. The van der Waals surface area contributed by atoms with Gasteiger partial charge < -0.3 is 4.74 Å². The fraction of sp³-hybridized carbons (Fsp3) is 0.615. The van der Waals surface area contributed by atoms with E-state index in [9.17, 15) is 4.79 Å². The Hall–Kier alpha value is -1.23. The Labute approximate surface area is 90.7 Å². The van der Waals surface area contributed by atoms with Crippen molar-refractivity contribution in [3.05, 3.63) is 11.6 Å². The summed E-state index contributed by atoms with van der Waals surface area (Å²) in [6, 6.07) is 0. The summed E-state index contributed by atoms with van der Waals surface area (Å²) < 4.78 is 4.98. The van der Waals surface area contributed by atoms with Crippen LogP contribution in [0.4, 0.5) is 0 Å². The molecule has 0 amide bonds.